The molecule has 1 fully saturated rings. The van der Waals surface area contributed by atoms with Gasteiger partial charge >= 0.3 is 18.4 Å². The van der Waals surface area contributed by atoms with Crippen LogP contribution in [-0.2, 0) is 10.9 Å². The first kappa shape index (κ1) is 27.4. The van der Waals surface area contributed by atoms with Gasteiger partial charge in [0.05, 0.1) is 60.7 Å². The van der Waals surface area contributed by atoms with Gasteiger partial charge in [-0.05, 0) is 29.2 Å². The Bertz CT molecular complexity index is 1680. The predicted molar refractivity (Wildman–Crippen MR) is 131 cm³/mol. The van der Waals surface area contributed by atoms with Gasteiger partial charge in [0.15, 0.2) is 5.65 Å². The Labute approximate surface area is 248 Å². The molecule has 4 rings (SSSR count). The number of alkyl halides is 8. The number of halogens is 8. The molecule has 4 heterocycles. The molecule has 242 valence electrons. The van der Waals surface area contributed by atoms with E-state index >= 15 is 0 Å². The number of nitrogens with zero attached hydrogens (tertiary/aromatic N) is 6. The molecule has 0 spiro atoms. The van der Waals surface area contributed by atoms with Crippen LogP contribution in [0.1, 0.15) is 71.7 Å². The fraction of sp³-hybridized carbons (Fsp3) is 0.583. The second-order valence-electron chi connectivity index (χ2n) is 10.2. The average molecular weight is 647 g/mol. The fourth-order valence-electron chi connectivity index (χ4n) is 4.07. The van der Waals surface area contributed by atoms with Crippen molar-refractivity contribution < 1.29 is 59.6 Å². The molecule has 20 heteroatoms. The highest BCUT2D eigenvalue weighted by molar-refractivity contribution is 5.93. The van der Waals surface area contributed by atoms with Crippen molar-refractivity contribution >= 4 is 17.6 Å². The van der Waals surface area contributed by atoms with Crippen LogP contribution in [-0.4, -0.2) is 80.6 Å². The number of hydrogen-bond donors (Lipinski definition) is 2. The zero-order valence-corrected chi connectivity index (χ0v) is 22.8. The van der Waals surface area contributed by atoms with Crippen LogP contribution in [0.3, 0.4) is 0 Å². The van der Waals surface area contributed by atoms with E-state index in [0.29, 0.717) is 0 Å². The van der Waals surface area contributed by atoms with Crippen molar-refractivity contribution in [3.8, 4) is 0 Å². The van der Waals surface area contributed by atoms with Crippen LogP contribution in [0.5, 0.6) is 0 Å². The molecule has 0 aromatic carbocycles. The number of amides is 3. The summed E-state index contributed by atoms with van der Waals surface area (Å²) in [5, 5.41) is 13.2. The number of fused-ring (bicyclic) bond motifs is 1. The third-order valence-electron chi connectivity index (χ3n) is 6.65. The van der Waals surface area contributed by atoms with Crippen molar-refractivity contribution in [2.45, 2.75) is 57.0 Å². The van der Waals surface area contributed by atoms with E-state index in [1.54, 1.807) is 0 Å². The van der Waals surface area contributed by atoms with Gasteiger partial charge in [-0.15, -0.1) is 0 Å². The second-order valence-corrected chi connectivity index (χ2v) is 10.2. The van der Waals surface area contributed by atoms with E-state index in [4.69, 9.17) is 10.2 Å². The van der Waals surface area contributed by atoms with Crippen molar-refractivity contribution in [1.29, 1.82) is 0 Å². The molecular weight excluding hydrogens is 616 g/mol. The highest BCUT2D eigenvalue weighted by Gasteiger charge is 2.47. The van der Waals surface area contributed by atoms with E-state index < -0.39 is 91.5 Å². The van der Waals surface area contributed by atoms with Gasteiger partial charge in [0.2, 0.25) is 11.4 Å². The van der Waals surface area contributed by atoms with Crippen molar-refractivity contribution in [3.63, 3.8) is 0 Å². The van der Waals surface area contributed by atoms with E-state index in [9.17, 15) is 44.7 Å². The summed E-state index contributed by atoms with van der Waals surface area (Å²) in [6, 6.07) is -3.61. The van der Waals surface area contributed by atoms with Gasteiger partial charge in [-0.25, -0.2) is 27.7 Å². The lowest BCUT2D eigenvalue weighted by molar-refractivity contribution is -0.214. The van der Waals surface area contributed by atoms with E-state index in [1.165, 1.54) is 5.32 Å². The quantitative estimate of drug-likeness (QED) is 0.311. The standard InChI is InChI=1S/C24H26F8N8O4/c1-21(2,24(30,31)32)5-4-13(36-19(41)17-18(23(27,28)29)38-44-37-17)14-8-40-16(35-14)6-12(7-34-40)15(9-43-3)39-11-22(25,26)10-33-20(39)42/h6-8,13,15H,4-5,9-11H2,1-3H3,(H,33,42)(H,36,41)/i10D2,11D2. The van der Waals surface area contributed by atoms with Crippen molar-refractivity contribution in [1.82, 2.24) is 40.4 Å². The summed E-state index contributed by atoms with van der Waals surface area (Å²) in [6.45, 7) is -6.57. The van der Waals surface area contributed by atoms with Gasteiger partial charge in [0.25, 0.3) is 11.8 Å². The van der Waals surface area contributed by atoms with E-state index in [-0.39, 0.29) is 21.8 Å². The van der Waals surface area contributed by atoms with Crippen LogP contribution in [0.4, 0.5) is 39.9 Å². The maximum Gasteiger partial charge on any atom is 0.439 e. The minimum absolute atomic E-state index is 0.0294. The molecule has 2 atom stereocenters. The summed E-state index contributed by atoms with van der Waals surface area (Å²) >= 11 is 0. The number of rotatable bonds is 10. The monoisotopic (exact) mass is 646 g/mol. The second kappa shape index (κ2) is 11.8. The van der Waals surface area contributed by atoms with Crippen molar-refractivity contribution in [2.24, 2.45) is 5.41 Å². The van der Waals surface area contributed by atoms with Gasteiger partial charge in [0, 0.05) is 12.7 Å². The maximum absolute atomic E-state index is 14.9. The molecule has 0 saturated carbocycles. The number of carbonyl (C=O) groups is 2. The number of imidazole rings is 1. The first-order valence-corrected chi connectivity index (χ1v) is 12.5. The van der Waals surface area contributed by atoms with E-state index in [2.05, 4.69) is 30.3 Å². The van der Waals surface area contributed by atoms with Gasteiger partial charge < -0.3 is 20.3 Å². The van der Waals surface area contributed by atoms with E-state index in [1.807, 2.05) is 0 Å². The molecule has 44 heavy (non-hydrogen) atoms. The topological polar surface area (TPSA) is 140 Å². The molecule has 0 bridgehead atoms. The summed E-state index contributed by atoms with van der Waals surface area (Å²) in [7, 11) is 1.10. The molecule has 1 aliphatic rings. The highest BCUT2D eigenvalue weighted by atomic mass is 19.4. The number of nitrogens with one attached hydrogen (secondary N) is 2. The van der Waals surface area contributed by atoms with Crippen LogP contribution in [0.25, 0.3) is 5.65 Å². The third kappa shape index (κ3) is 6.99. The largest absolute Gasteiger partial charge is 0.439 e. The Hall–Kier alpha value is -4.10. The molecule has 0 aliphatic carbocycles. The number of hydrogen-bond acceptors (Lipinski definition) is 8. The van der Waals surface area contributed by atoms with Crippen LogP contribution >= 0.6 is 0 Å². The molecular formula is C24H26F8N8O4. The Morgan fingerprint density at radius 3 is 2.59 bits per heavy atom. The fourth-order valence-corrected chi connectivity index (χ4v) is 4.07. The van der Waals surface area contributed by atoms with Gasteiger partial charge in [0.1, 0.15) is 0 Å². The Morgan fingerprint density at radius 1 is 1.25 bits per heavy atom. The molecule has 1 saturated heterocycles. The number of carbonyl (C=O) groups excluding carboxylic acids is 2. The summed E-state index contributed by atoms with van der Waals surface area (Å²) in [4.78, 5) is 29.8. The van der Waals surface area contributed by atoms with Crippen LogP contribution in [0.2, 0.25) is 0 Å². The van der Waals surface area contributed by atoms with Gasteiger partial charge in [-0.1, -0.05) is 13.8 Å². The van der Waals surface area contributed by atoms with Crippen LogP contribution in [0, 0.1) is 5.41 Å². The SMILES string of the molecule is [2H]C1([2H])NC(=O)N(C(COC)c2cnn3cc(C(CCC(C)(C)C(F)(F)F)NC(=O)c4nonc4C(F)(F)F)nc3c2)C([2H])([2H])C1(F)F. The molecule has 0 radical (unpaired) electrons. The smallest absolute Gasteiger partial charge is 0.382 e. The van der Waals surface area contributed by atoms with Gasteiger partial charge in [-0.2, -0.15) is 31.4 Å². The lowest BCUT2D eigenvalue weighted by Gasteiger charge is -2.38. The van der Waals surface area contributed by atoms with E-state index in [0.717, 1.165) is 43.9 Å². The number of ether oxygens (including phenoxy) is 1. The Morgan fingerprint density at radius 2 is 1.95 bits per heavy atom. The lowest BCUT2D eigenvalue weighted by Crippen LogP contribution is -2.58. The molecule has 2 unspecified atom stereocenters. The summed E-state index contributed by atoms with van der Waals surface area (Å²) < 4.78 is 152. The normalized spacial score (nSPS) is 21.1. The molecule has 3 aromatic heterocycles. The molecule has 3 aromatic rings. The highest BCUT2D eigenvalue weighted by Crippen LogP contribution is 2.42. The number of methoxy groups -OCH3 is 1. The van der Waals surface area contributed by atoms with Crippen molar-refractivity contribution in [3.05, 3.63) is 41.1 Å². The van der Waals surface area contributed by atoms with Crippen LogP contribution in [0.15, 0.2) is 23.1 Å². The molecule has 2 N–H and O–H groups in total. The van der Waals surface area contributed by atoms with Crippen LogP contribution < -0.4 is 10.6 Å². The molecule has 3 amide bonds. The first-order valence-electron chi connectivity index (χ1n) is 14.5. The predicted octanol–water partition coefficient (Wildman–Crippen LogP) is 4.32. The minimum Gasteiger partial charge on any atom is -0.382 e. The summed E-state index contributed by atoms with van der Waals surface area (Å²) in [6.07, 6.45) is -8.97. The van der Waals surface area contributed by atoms with Gasteiger partial charge in [-0.3, -0.25) is 4.79 Å². The summed E-state index contributed by atoms with van der Waals surface area (Å²) in [5.41, 5.74) is -5.99. The maximum atomic E-state index is 14.9. The zero-order chi connectivity index (χ0) is 36.3. The number of urea groups is 1. The minimum atomic E-state index is -5.17. The first-order chi connectivity index (χ1) is 21.9. The lowest BCUT2D eigenvalue weighted by atomic mass is 9.85. The third-order valence-corrected chi connectivity index (χ3v) is 6.65. The Balaban J connectivity index is 1.74. The molecule has 1 aliphatic heterocycles. The zero-order valence-electron chi connectivity index (χ0n) is 26.8. The average Bonchev–Trinajstić information content (AvgIpc) is 3.60. The molecule has 12 nitrogen and oxygen atoms in total. The summed E-state index contributed by atoms with van der Waals surface area (Å²) in [5.74, 6) is -6.29. The number of aromatic nitrogens is 5. The van der Waals surface area contributed by atoms with Crippen molar-refractivity contribution in [2.75, 3.05) is 26.7 Å². The Kier molecular flexibility index (Phi) is 7.34.